The molecule has 2 bridgehead atoms. The van der Waals surface area contributed by atoms with E-state index in [9.17, 15) is 19.5 Å². The molecule has 4 N–H and O–H groups in total. The Labute approximate surface area is 321 Å². The van der Waals surface area contributed by atoms with E-state index in [1.165, 1.54) is 6.42 Å². The first-order valence-electron chi connectivity index (χ1n) is 19.5. The Hall–Kier alpha value is -4.09. The molecule has 0 unspecified atom stereocenters. The smallest absolute Gasteiger partial charge is 0.251 e. The maximum atomic E-state index is 14.6. The Bertz CT molecular complexity index is 1870. The summed E-state index contributed by atoms with van der Waals surface area (Å²) in [4.78, 5) is 48.0. The minimum absolute atomic E-state index is 0.0134. The van der Waals surface area contributed by atoms with Crippen LogP contribution in [0.1, 0.15) is 84.9 Å². The van der Waals surface area contributed by atoms with Crippen LogP contribution >= 0.6 is 0 Å². The van der Waals surface area contributed by atoms with Gasteiger partial charge in [-0.2, -0.15) is 5.06 Å². The molecular weight excluding hydrogens is 679 g/mol. The van der Waals surface area contributed by atoms with E-state index in [0.29, 0.717) is 53.9 Å². The number of nitrogens with one attached hydrogen (secondary N) is 3. The van der Waals surface area contributed by atoms with Gasteiger partial charge in [-0.3, -0.25) is 19.2 Å². The van der Waals surface area contributed by atoms with Gasteiger partial charge in [-0.05, 0) is 109 Å². The summed E-state index contributed by atoms with van der Waals surface area (Å²) in [6.45, 7) is 13.6. The standard InChI is InChI=1S/C44H59N5O5/c1-25-31(14-11-15-36(25)32-17-33(42(52)45-7)19-35(18-32)48(8)9)24-49-41(43(53)47-38-21-34-20-37(26(38)2)44(34,5)6)40(28(4)51)39(54-49)23-46-22-29-12-10-13-30(16-29)27(3)50/h10-19,26,28,34,37-41,46,51H,20-24H2,1-9H3,(H,45,52)(H,47,53)/t26-,28-,34+,37-,38-,39-,40+,41-/m0/s1. The van der Waals surface area contributed by atoms with Gasteiger partial charge in [-0.25, -0.2) is 0 Å². The summed E-state index contributed by atoms with van der Waals surface area (Å²) in [6.07, 6.45) is 0.872. The van der Waals surface area contributed by atoms with Crippen molar-refractivity contribution < 1.29 is 24.3 Å². The third-order valence-corrected chi connectivity index (χ3v) is 12.9. The quantitative estimate of drug-likeness (QED) is 0.164. The highest BCUT2D eigenvalue weighted by molar-refractivity contribution is 5.97. The SMILES string of the molecule is CNC(=O)c1cc(-c2cccc(CN3O[C@@H](CNCc4cccc(C(C)=O)c4)[C@@H]([C@H](C)O)[C@H]3C(=O)N[C@H]3C[C@H]4C[C@@H]([C@@H]3C)C4(C)C)c2C)cc(N(C)C)c1. The van der Waals surface area contributed by atoms with Crippen molar-refractivity contribution >= 4 is 23.3 Å². The van der Waals surface area contributed by atoms with E-state index in [2.05, 4.69) is 61.8 Å². The Morgan fingerprint density at radius 1 is 1.04 bits per heavy atom. The average molecular weight is 738 g/mol. The minimum Gasteiger partial charge on any atom is -0.393 e. The van der Waals surface area contributed by atoms with Gasteiger partial charge in [0.15, 0.2) is 5.78 Å². The van der Waals surface area contributed by atoms with Crippen molar-refractivity contribution in [1.29, 1.82) is 0 Å². The third-order valence-electron chi connectivity index (χ3n) is 12.9. The van der Waals surface area contributed by atoms with Gasteiger partial charge in [0.05, 0.1) is 18.8 Å². The van der Waals surface area contributed by atoms with Crippen molar-refractivity contribution in [2.75, 3.05) is 32.6 Å². The van der Waals surface area contributed by atoms with Gasteiger partial charge in [-0.1, -0.05) is 57.2 Å². The second-order valence-corrected chi connectivity index (χ2v) is 16.8. The number of rotatable bonds is 13. The summed E-state index contributed by atoms with van der Waals surface area (Å²) in [5.74, 6) is 0.762. The number of carbonyl (C=O) groups excluding carboxylic acids is 3. The molecule has 0 spiro atoms. The molecule has 10 heteroatoms. The number of hydrogen-bond acceptors (Lipinski definition) is 8. The number of hydrogen-bond donors (Lipinski definition) is 4. The van der Waals surface area contributed by atoms with Crippen molar-refractivity contribution in [3.63, 3.8) is 0 Å². The fourth-order valence-corrected chi connectivity index (χ4v) is 9.40. The lowest BCUT2D eigenvalue weighted by Crippen LogP contribution is -2.62. The Kier molecular flexibility index (Phi) is 11.7. The first-order chi connectivity index (χ1) is 25.6. The van der Waals surface area contributed by atoms with E-state index >= 15 is 0 Å². The molecule has 7 rings (SSSR count). The van der Waals surface area contributed by atoms with Gasteiger partial charge >= 0.3 is 0 Å². The van der Waals surface area contributed by atoms with E-state index < -0.39 is 24.2 Å². The highest BCUT2D eigenvalue weighted by Crippen LogP contribution is 2.61. The van der Waals surface area contributed by atoms with Crippen molar-refractivity contribution in [3.05, 3.63) is 88.5 Å². The number of hydroxylamine groups is 2. The van der Waals surface area contributed by atoms with E-state index in [1.54, 1.807) is 26.0 Å². The number of fused-ring (bicyclic) bond motifs is 2. The summed E-state index contributed by atoms with van der Waals surface area (Å²) in [5, 5.41) is 22.8. The zero-order valence-electron chi connectivity index (χ0n) is 33.4. The number of nitrogens with zero attached hydrogens (tertiary/aromatic N) is 2. The number of aliphatic hydroxyl groups excluding tert-OH is 1. The molecule has 0 aromatic heterocycles. The molecule has 3 aliphatic carbocycles. The zero-order chi connectivity index (χ0) is 39.1. The van der Waals surface area contributed by atoms with Crippen LogP contribution in [0.3, 0.4) is 0 Å². The molecule has 1 aliphatic heterocycles. The van der Waals surface area contributed by atoms with E-state index in [0.717, 1.165) is 39.9 Å². The molecule has 1 heterocycles. The Morgan fingerprint density at radius 2 is 1.78 bits per heavy atom. The average Bonchev–Trinajstić information content (AvgIpc) is 3.50. The maximum Gasteiger partial charge on any atom is 0.251 e. The van der Waals surface area contributed by atoms with E-state index in [-0.39, 0.29) is 23.6 Å². The zero-order valence-corrected chi connectivity index (χ0v) is 33.4. The summed E-state index contributed by atoms with van der Waals surface area (Å²) >= 11 is 0. The lowest BCUT2D eigenvalue weighted by atomic mass is 9.45. The maximum absolute atomic E-state index is 14.6. The molecule has 3 saturated carbocycles. The molecule has 0 radical (unpaired) electrons. The molecular formula is C44H59N5O5. The molecule has 8 atom stereocenters. The van der Waals surface area contributed by atoms with Crippen LogP contribution in [0.25, 0.3) is 11.1 Å². The molecule has 1 saturated heterocycles. The molecule has 4 fully saturated rings. The first-order valence-corrected chi connectivity index (χ1v) is 19.5. The molecule has 290 valence electrons. The minimum atomic E-state index is -0.820. The van der Waals surface area contributed by atoms with Crippen molar-refractivity contribution in [2.45, 2.75) is 91.8 Å². The Morgan fingerprint density at radius 3 is 2.43 bits per heavy atom. The number of Topliss-reactive ketones (excluding diaryl/α,β-unsaturated/α-hetero) is 1. The monoisotopic (exact) mass is 737 g/mol. The number of aliphatic hydroxyl groups is 1. The van der Waals surface area contributed by atoms with Crippen LogP contribution < -0.4 is 20.9 Å². The van der Waals surface area contributed by atoms with Crippen molar-refractivity contribution in [1.82, 2.24) is 21.0 Å². The lowest BCUT2D eigenvalue weighted by molar-refractivity contribution is -0.176. The van der Waals surface area contributed by atoms with Gasteiger partial charge in [0.1, 0.15) is 6.04 Å². The van der Waals surface area contributed by atoms with Crippen LogP contribution in [0.5, 0.6) is 0 Å². The fraction of sp³-hybridized carbons (Fsp3) is 0.523. The van der Waals surface area contributed by atoms with Gasteiger partial charge in [0.25, 0.3) is 5.91 Å². The Balaban J connectivity index is 1.29. The van der Waals surface area contributed by atoms with Gasteiger partial charge in [0, 0.05) is 63.0 Å². The predicted octanol–water partition coefficient (Wildman–Crippen LogP) is 5.75. The number of benzene rings is 3. The predicted molar refractivity (Wildman–Crippen MR) is 213 cm³/mol. The highest BCUT2D eigenvalue weighted by atomic mass is 16.7. The second-order valence-electron chi connectivity index (χ2n) is 16.8. The third kappa shape index (κ3) is 7.85. The lowest BCUT2D eigenvalue weighted by Gasteiger charge is -2.62. The molecule has 4 aliphatic rings. The van der Waals surface area contributed by atoms with Crippen LogP contribution in [0.2, 0.25) is 0 Å². The number of ketones is 1. The van der Waals surface area contributed by atoms with Crippen LogP contribution in [0.4, 0.5) is 5.69 Å². The second kappa shape index (κ2) is 15.9. The van der Waals surface area contributed by atoms with Crippen LogP contribution in [0, 0.1) is 36.0 Å². The number of amides is 2. The topological polar surface area (TPSA) is 123 Å². The largest absolute Gasteiger partial charge is 0.393 e. The molecule has 10 nitrogen and oxygen atoms in total. The van der Waals surface area contributed by atoms with E-state index in [1.807, 2.05) is 61.5 Å². The number of carbonyl (C=O) groups is 3. The summed E-state index contributed by atoms with van der Waals surface area (Å²) in [7, 11) is 5.54. The summed E-state index contributed by atoms with van der Waals surface area (Å²) in [6, 6.07) is 18.9. The highest BCUT2D eigenvalue weighted by Gasteiger charge is 2.57. The molecule has 2 amide bonds. The first kappa shape index (κ1) is 39.6. The molecule has 3 aromatic carbocycles. The van der Waals surface area contributed by atoms with E-state index in [4.69, 9.17) is 4.84 Å². The normalized spacial score (nSPS) is 26.4. The molecule has 54 heavy (non-hydrogen) atoms. The van der Waals surface area contributed by atoms with Crippen LogP contribution in [-0.4, -0.2) is 79.7 Å². The fourth-order valence-electron chi connectivity index (χ4n) is 9.40. The van der Waals surface area contributed by atoms with Crippen LogP contribution in [0.15, 0.2) is 60.7 Å². The van der Waals surface area contributed by atoms with Crippen molar-refractivity contribution in [3.8, 4) is 11.1 Å². The summed E-state index contributed by atoms with van der Waals surface area (Å²) in [5.41, 5.74) is 7.31. The van der Waals surface area contributed by atoms with Crippen molar-refractivity contribution in [2.24, 2.45) is 29.1 Å². The van der Waals surface area contributed by atoms with Crippen LogP contribution in [-0.2, 0) is 22.7 Å². The van der Waals surface area contributed by atoms with Gasteiger partial charge < -0.3 is 26.0 Å². The van der Waals surface area contributed by atoms with Gasteiger partial charge in [0.2, 0.25) is 5.91 Å². The molecule has 3 aromatic rings. The van der Waals surface area contributed by atoms with Gasteiger partial charge in [-0.15, -0.1) is 0 Å². The summed E-state index contributed by atoms with van der Waals surface area (Å²) < 4.78 is 0. The number of anilines is 1.